The topological polar surface area (TPSA) is 65.4 Å². The Morgan fingerprint density at radius 2 is 1.88 bits per heavy atom. The zero-order valence-electron chi connectivity index (χ0n) is 12.9. The predicted octanol–water partition coefficient (Wildman–Crippen LogP) is 3.39. The average molecular weight is 368 g/mol. The maximum Gasteiger partial charge on any atom is 0.337 e. The van der Waals surface area contributed by atoms with E-state index in [1.165, 1.54) is 17.7 Å². The molecule has 0 unspecified atom stereocenters. The van der Waals surface area contributed by atoms with Gasteiger partial charge in [-0.25, -0.2) is 4.79 Å². The number of nitrogens with zero attached hydrogens (tertiary/aromatic N) is 1. The summed E-state index contributed by atoms with van der Waals surface area (Å²) in [5, 5.41) is 0.130. The molecule has 0 aliphatic carbocycles. The molecule has 24 heavy (non-hydrogen) atoms. The number of esters is 1. The summed E-state index contributed by atoms with van der Waals surface area (Å²) in [6.07, 6.45) is 1.82. The maximum atomic E-state index is 12.1. The number of carbonyl (C=O) groups is 2. The first-order valence-corrected chi connectivity index (χ1v) is 7.94. The van der Waals surface area contributed by atoms with Gasteiger partial charge in [0.25, 0.3) is 5.56 Å². The van der Waals surface area contributed by atoms with Crippen molar-refractivity contribution in [2.45, 2.75) is 19.4 Å². The molecule has 5 nitrogen and oxygen atoms in total. The summed E-state index contributed by atoms with van der Waals surface area (Å²) in [5.74, 6) is -0.391. The van der Waals surface area contributed by atoms with Gasteiger partial charge in [0, 0.05) is 6.54 Å². The first kappa shape index (κ1) is 18.2. The van der Waals surface area contributed by atoms with Crippen LogP contribution in [0.15, 0.2) is 35.1 Å². The van der Waals surface area contributed by atoms with E-state index in [-0.39, 0.29) is 15.7 Å². The SMILES string of the molecule is COC(=O)c1ccc(CCCn2c(C=O)c(Cl)cc(Cl)c2=O)cc1. The number of hydrogen-bond acceptors (Lipinski definition) is 4. The number of halogens is 2. The van der Waals surface area contributed by atoms with Crippen molar-refractivity contribution in [3.8, 4) is 0 Å². The summed E-state index contributed by atoms with van der Waals surface area (Å²) in [4.78, 5) is 34.6. The van der Waals surface area contributed by atoms with Crippen molar-refractivity contribution in [1.82, 2.24) is 4.57 Å². The third-order valence-electron chi connectivity index (χ3n) is 3.57. The van der Waals surface area contributed by atoms with Gasteiger partial charge >= 0.3 is 5.97 Å². The minimum Gasteiger partial charge on any atom is -0.465 e. The normalized spacial score (nSPS) is 10.5. The highest BCUT2D eigenvalue weighted by atomic mass is 35.5. The molecule has 0 amide bonds. The number of benzene rings is 1. The number of aromatic nitrogens is 1. The number of ether oxygens (including phenoxy) is 1. The number of pyridine rings is 1. The van der Waals surface area contributed by atoms with Crippen molar-refractivity contribution in [3.63, 3.8) is 0 Å². The van der Waals surface area contributed by atoms with E-state index in [0.717, 1.165) is 5.56 Å². The first-order chi connectivity index (χ1) is 11.5. The Morgan fingerprint density at radius 1 is 1.21 bits per heavy atom. The van der Waals surface area contributed by atoms with Crippen LogP contribution in [0.25, 0.3) is 0 Å². The quantitative estimate of drug-likeness (QED) is 0.579. The van der Waals surface area contributed by atoms with Crippen molar-refractivity contribution in [2.24, 2.45) is 0 Å². The first-order valence-electron chi connectivity index (χ1n) is 7.19. The van der Waals surface area contributed by atoms with Crippen molar-refractivity contribution in [1.29, 1.82) is 0 Å². The molecule has 0 saturated carbocycles. The van der Waals surface area contributed by atoms with Crippen molar-refractivity contribution >= 4 is 35.5 Å². The molecule has 0 atom stereocenters. The van der Waals surface area contributed by atoms with E-state index >= 15 is 0 Å². The van der Waals surface area contributed by atoms with Gasteiger partial charge < -0.3 is 9.30 Å². The van der Waals surface area contributed by atoms with E-state index in [2.05, 4.69) is 4.74 Å². The Balaban J connectivity index is 2.08. The van der Waals surface area contributed by atoms with E-state index in [0.29, 0.717) is 31.2 Å². The van der Waals surface area contributed by atoms with Crippen LogP contribution in [0.1, 0.15) is 32.8 Å². The molecular formula is C17H15Cl2NO4. The number of rotatable bonds is 6. The Labute approximate surface area is 148 Å². The van der Waals surface area contributed by atoms with Gasteiger partial charge in [-0.05, 0) is 36.6 Å². The van der Waals surface area contributed by atoms with E-state index in [4.69, 9.17) is 23.2 Å². The molecule has 0 N–H and O–H groups in total. The fourth-order valence-electron chi connectivity index (χ4n) is 2.32. The van der Waals surface area contributed by atoms with Crippen LogP contribution in [-0.2, 0) is 17.7 Å². The Kier molecular flexibility index (Phi) is 6.17. The monoisotopic (exact) mass is 367 g/mol. The highest BCUT2D eigenvalue weighted by molar-refractivity contribution is 6.35. The zero-order valence-corrected chi connectivity index (χ0v) is 14.4. The fraction of sp³-hybridized carbons (Fsp3) is 0.235. The van der Waals surface area contributed by atoms with Gasteiger partial charge in [0.1, 0.15) is 10.7 Å². The van der Waals surface area contributed by atoms with Crippen LogP contribution in [-0.4, -0.2) is 23.9 Å². The van der Waals surface area contributed by atoms with Crippen LogP contribution >= 0.6 is 23.2 Å². The Bertz CT molecular complexity index is 813. The summed E-state index contributed by atoms with van der Waals surface area (Å²) in [7, 11) is 1.33. The summed E-state index contributed by atoms with van der Waals surface area (Å²) in [6.45, 7) is 0.311. The smallest absolute Gasteiger partial charge is 0.337 e. The molecule has 1 heterocycles. The molecule has 1 aromatic carbocycles. The van der Waals surface area contributed by atoms with Crippen LogP contribution in [0.2, 0.25) is 10.0 Å². The molecule has 0 fully saturated rings. The molecule has 2 rings (SSSR count). The van der Waals surface area contributed by atoms with Gasteiger partial charge in [0.15, 0.2) is 6.29 Å². The van der Waals surface area contributed by atoms with Gasteiger partial charge in [0.2, 0.25) is 0 Å². The second kappa shape index (κ2) is 8.13. The largest absolute Gasteiger partial charge is 0.465 e. The summed E-state index contributed by atoms with van der Waals surface area (Å²) < 4.78 is 5.92. The second-order valence-corrected chi connectivity index (χ2v) is 5.91. The molecule has 0 saturated heterocycles. The van der Waals surface area contributed by atoms with Gasteiger partial charge in [0.05, 0.1) is 17.7 Å². The molecule has 2 aromatic rings. The van der Waals surface area contributed by atoms with Gasteiger partial charge in [-0.3, -0.25) is 9.59 Å². The van der Waals surface area contributed by atoms with Crippen LogP contribution in [0, 0.1) is 0 Å². The molecular weight excluding hydrogens is 353 g/mol. The third kappa shape index (κ3) is 4.04. The third-order valence-corrected chi connectivity index (χ3v) is 4.15. The Morgan fingerprint density at radius 3 is 2.46 bits per heavy atom. The van der Waals surface area contributed by atoms with E-state index in [1.807, 2.05) is 12.1 Å². The van der Waals surface area contributed by atoms with Crippen LogP contribution in [0.5, 0.6) is 0 Å². The second-order valence-electron chi connectivity index (χ2n) is 5.09. The zero-order chi connectivity index (χ0) is 17.7. The highest BCUT2D eigenvalue weighted by Crippen LogP contribution is 2.17. The predicted molar refractivity (Wildman–Crippen MR) is 92.2 cm³/mol. The minimum atomic E-state index is -0.441. The molecule has 0 radical (unpaired) electrons. The number of methoxy groups -OCH3 is 1. The van der Waals surface area contributed by atoms with Crippen LogP contribution < -0.4 is 5.56 Å². The average Bonchev–Trinajstić information content (AvgIpc) is 2.59. The fourth-order valence-corrected chi connectivity index (χ4v) is 2.85. The number of aryl methyl sites for hydroxylation is 1. The standard InChI is InChI=1S/C17H15Cl2NO4/c1-24-17(23)12-6-4-11(5-7-12)3-2-8-20-15(10-21)13(18)9-14(19)16(20)22/h4-7,9-10H,2-3,8H2,1H3. The molecule has 0 aliphatic heterocycles. The molecule has 126 valence electrons. The van der Waals surface area contributed by atoms with E-state index in [9.17, 15) is 14.4 Å². The van der Waals surface area contributed by atoms with Crippen molar-refractivity contribution in [3.05, 3.63) is 67.6 Å². The van der Waals surface area contributed by atoms with Gasteiger partial charge in [-0.15, -0.1) is 0 Å². The lowest BCUT2D eigenvalue weighted by atomic mass is 10.1. The molecule has 0 spiro atoms. The molecule has 0 bridgehead atoms. The lowest BCUT2D eigenvalue weighted by molar-refractivity contribution is 0.0600. The highest BCUT2D eigenvalue weighted by Gasteiger charge is 2.12. The van der Waals surface area contributed by atoms with Gasteiger partial charge in [-0.1, -0.05) is 35.3 Å². The number of carbonyl (C=O) groups excluding carboxylic acids is 2. The number of hydrogen-bond donors (Lipinski definition) is 0. The summed E-state index contributed by atoms with van der Waals surface area (Å²) in [5.41, 5.74) is 1.15. The Hall–Kier alpha value is -2.11. The summed E-state index contributed by atoms with van der Waals surface area (Å²) in [6, 6.07) is 8.28. The van der Waals surface area contributed by atoms with Gasteiger partial charge in [-0.2, -0.15) is 0 Å². The van der Waals surface area contributed by atoms with E-state index in [1.54, 1.807) is 12.1 Å². The van der Waals surface area contributed by atoms with Crippen molar-refractivity contribution in [2.75, 3.05) is 7.11 Å². The molecule has 0 aliphatic rings. The maximum absolute atomic E-state index is 12.1. The summed E-state index contributed by atoms with van der Waals surface area (Å²) >= 11 is 11.8. The molecule has 1 aromatic heterocycles. The molecule has 7 heteroatoms. The van der Waals surface area contributed by atoms with Crippen LogP contribution in [0.3, 0.4) is 0 Å². The minimum absolute atomic E-state index is 0.0203. The lowest BCUT2D eigenvalue weighted by Gasteiger charge is -2.11. The van der Waals surface area contributed by atoms with Crippen LogP contribution in [0.4, 0.5) is 0 Å². The van der Waals surface area contributed by atoms with E-state index < -0.39 is 11.5 Å². The number of aldehydes is 1. The lowest BCUT2D eigenvalue weighted by Crippen LogP contribution is -2.24. The van der Waals surface area contributed by atoms with Crippen molar-refractivity contribution < 1.29 is 14.3 Å².